The molecule has 0 aliphatic rings. The molecule has 0 aliphatic heterocycles. The van der Waals surface area contributed by atoms with E-state index in [2.05, 4.69) is 46.6 Å². The van der Waals surface area contributed by atoms with Crippen molar-refractivity contribution in [3.63, 3.8) is 0 Å². The van der Waals surface area contributed by atoms with Crippen molar-refractivity contribution in [1.29, 1.82) is 5.26 Å². The number of thiazole rings is 1. The standard InChI is InChI=1S/C21H15N3S2/c1-2-11-24-14-15(17-7-3-5-9-19(17)24)12-16(13-22)25-21-23-18-8-4-6-10-20(18)26-21/h2-10,12,14H,1,11H2. The summed E-state index contributed by atoms with van der Waals surface area (Å²) in [5, 5.41) is 10.8. The van der Waals surface area contributed by atoms with Crippen LogP contribution >= 0.6 is 23.1 Å². The molecule has 0 fully saturated rings. The minimum atomic E-state index is 0.630. The molecular formula is C21H15N3S2. The van der Waals surface area contributed by atoms with Crippen LogP contribution in [0.5, 0.6) is 0 Å². The summed E-state index contributed by atoms with van der Waals surface area (Å²) in [4.78, 5) is 5.24. The Balaban J connectivity index is 1.72. The first kappa shape index (κ1) is 16.6. The third-order valence-corrected chi connectivity index (χ3v) is 6.04. The highest BCUT2D eigenvalue weighted by Crippen LogP contribution is 2.35. The van der Waals surface area contributed by atoms with Crippen molar-refractivity contribution in [2.75, 3.05) is 0 Å². The fraction of sp³-hybridized carbons (Fsp3) is 0.0476. The Morgan fingerprint density at radius 3 is 2.85 bits per heavy atom. The van der Waals surface area contributed by atoms with Crippen LogP contribution in [0.2, 0.25) is 0 Å². The first-order valence-electron chi connectivity index (χ1n) is 8.12. The van der Waals surface area contributed by atoms with Gasteiger partial charge in [0.1, 0.15) is 6.07 Å². The summed E-state index contributed by atoms with van der Waals surface area (Å²) in [5.74, 6) is 0. The number of benzene rings is 2. The van der Waals surface area contributed by atoms with E-state index >= 15 is 0 Å². The van der Waals surface area contributed by atoms with E-state index < -0.39 is 0 Å². The van der Waals surface area contributed by atoms with Gasteiger partial charge in [-0.2, -0.15) is 5.26 Å². The highest BCUT2D eigenvalue weighted by atomic mass is 32.2. The molecule has 0 bridgehead atoms. The lowest BCUT2D eigenvalue weighted by Gasteiger charge is -1.98. The lowest BCUT2D eigenvalue weighted by Crippen LogP contribution is -1.90. The van der Waals surface area contributed by atoms with Crippen LogP contribution < -0.4 is 0 Å². The van der Waals surface area contributed by atoms with E-state index in [1.807, 2.05) is 42.5 Å². The third kappa shape index (κ3) is 3.17. The van der Waals surface area contributed by atoms with Crippen LogP contribution in [-0.2, 0) is 6.54 Å². The topological polar surface area (TPSA) is 41.6 Å². The van der Waals surface area contributed by atoms with E-state index in [1.165, 1.54) is 11.8 Å². The number of fused-ring (bicyclic) bond motifs is 2. The Morgan fingerprint density at radius 2 is 2.04 bits per heavy atom. The van der Waals surface area contributed by atoms with Gasteiger partial charge in [0.15, 0.2) is 4.34 Å². The van der Waals surface area contributed by atoms with Gasteiger partial charge in [-0.1, -0.05) is 36.4 Å². The van der Waals surface area contributed by atoms with Gasteiger partial charge in [-0.15, -0.1) is 17.9 Å². The lowest BCUT2D eigenvalue weighted by atomic mass is 10.1. The molecule has 2 aromatic carbocycles. The number of rotatable bonds is 5. The molecular weight excluding hydrogens is 358 g/mol. The summed E-state index contributed by atoms with van der Waals surface area (Å²) < 4.78 is 4.16. The monoisotopic (exact) mass is 373 g/mol. The van der Waals surface area contributed by atoms with Gasteiger partial charge in [-0.3, -0.25) is 0 Å². The summed E-state index contributed by atoms with van der Waals surface area (Å²) in [6.07, 6.45) is 5.89. The van der Waals surface area contributed by atoms with Crippen molar-refractivity contribution in [2.24, 2.45) is 0 Å². The summed E-state index contributed by atoms with van der Waals surface area (Å²) in [6, 6.07) is 18.5. The average Bonchev–Trinajstić information content (AvgIpc) is 3.23. The second kappa shape index (κ2) is 7.20. The minimum absolute atomic E-state index is 0.630. The number of nitrogens with zero attached hydrogens (tertiary/aromatic N) is 3. The average molecular weight is 374 g/mol. The van der Waals surface area contributed by atoms with Gasteiger partial charge in [0.05, 0.1) is 15.1 Å². The van der Waals surface area contributed by atoms with Crippen LogP contribution in [0.25, 0.3) is 27.2 Å². The Kier molecular flexibility index (Phi) is 4.61. The number of para-hydroxylation sites is 2. The summed E-state index contributed by atoms with van der Waals surface area (Å²) >= 11 is 3.03. The fourth-order valence-electron chi connectivity index (χ4n) is 2.89. The highest BCUT2D eigenvalue weighted by Gasteiger charge is 2.10. The molecule has 4 rings (SSSR count). The van der Waals surface area contributed by atoms with E-state index in [-0.39, 0.29) is 0 Å². The van der Waals surface area contributed by atoms with Crippen molar-refractivity contribution < 1.29 is 0 Å². The molecule has 0 unspecified atom stereocenters. The maximum atomic E-state index is 9.62. The van der Waals surface area contributed by atoms with Gasteiger partial charge in [-0.05, 0) is 36.0 Å². The molecule has 2 aromatic heterocycles. The van der Waals surface area contributed by atoms with Crippen LogP contribution in [-0.4, -0.2) is 9.55 Å². The van der Waals surface area contributed by atoms with Crippen molar-refractivity contribution in [3.8, 4) is 6.07 Å². The Labute approximate surface area is 159 Å². The molecule has 0 N–H and O–H groups in total. The van der Waals surface area contributed by atoms with E-state index in [0.717, 1.165) is 37.6 Å². The number of hydrogen-bond donors (Lipinski definition) is 0. The van der Waals surface area contributed by atoms with Crippen LogP contribution in [0.4, 0.5) is 0 Å². The SMILES string of the molecule is C=CCn1cc(C=C(C#N)Sc2nc3ccccc3s2)c2ccccc21. The molecule has 4 aromatic rings. The molecule has 5 heteroatoms. The molecule has 0 atom stereocenters. The van der Waals surface area contributed by atoms with E-state index in [4.69, 9.17) is 0 Å². The van der Waals surface area contributed by atoms with Crippen molar-refractivity contribution in [2.45, 2.75) is 10.9 Å². The first-order chi connectivity index (χ1) is 12.8. The number of aromatic nitrogens is 2. The number of nitriles is 1. The highest BCUT2D eigenvalue weighted by molar-refractivity contribution is 8.05. The molecule has 126 valence electrons. The second-order valence-electron chi connectivity index (χ2n) is 5.71. The Hall–Kier alpha value is -2.81. The van der Waals surface area contributed by atoms with E-state index in [1.54, 1.807) is 11.3 Å². The summed E-state index contributed by atoms with van der Waals surface area (Å²) in [6.45, 7) is 4.56. The van der Waals surface area contributed by atoms with Gasteiger partial charge in [0.2, 0.25) is 0 Å². The molecule has 0 spiro atoms. The molecule has 0 aliphatic carbocycles. The van der Waals surface area contributed by atoms with Crippen molar-refractivity contribution in [3.05, 3.63) is 77.9 Å². The first-order valence-corrected chi connectivity index (χ1v) is 9.76. The van der Waals surface area contributed by atoms with Crippen molar-refractivity contribution >= 4 is 50.3 Å². The molecule has 0 amide bonds. The molecule has 0 radical (unpaired) electrons. The molecule has 2 heterocycles. The maximum absolute atomic E-state index is 9.62. The number of thioether (sulfide) groups is 1. The third-order valence-electron chi connectivity index (χ3n) is 4.01. The largest absolute Gasteiger partial charge is 0.343 e. The van der Waals surface area contributed by atoms with Crippen LogP contribution in [0, 0.1) is 11.3 Å². The Bertz CT molecular complexity index is 1140. The van der Waals surface area contributed by atoms with Crippen LogP contribution in [0.15, 0.2) is 76.6 Å². The molecule has 3 nitrogen and oxygen atoms in total. The van der Waals surface area contributed by atoms with Gasteiger partial charge in [-0.25, -0.2) is 4.98 Å². The zero-order chi connectivity index (χ0) is 17.9. The molecule has 0 saturated heterocycles. The minimum Gasteiger partial charge on any atom is -0.343 e. The molecule has 0 saturated carbocycles. The summed E-state index contributed by atoms with van der Waals surface area (Å²) in [5.41, 5.74) is 3.15. The van der Waals surface area contributed by atoms with Gasteiger partial charge >= 0.3 is 0 Å². The maximum Gasteiger partial charge on any atom is 0.156 e. The lowest BCUT2D eigenvalue weighted by molar-refractivity contribution is 0.865. The van der Waals surface area contributed by atoms with E-state index in [9.17, 15) is 5.26 Å². The zero-order valence-electron chi connectivity index (χ0n) is 13.9. The predicted molar refractivity (Wildman–Crippen MR) is 111 cm³/mol. The number of allylic oxidation sites excluding steroid dienone is 2. The van der Waals surface area contributed by atoms with Gasteiger partial charge in [0.25, 0.3) is 0 Å². The second-order valence-corrected chi connectivity index (χ2v) is 8.03. The van der Waals surface area contributed by atoms with Crippen molar-refractivity contribution in [1.82, 2.24) is 9.55 Å². The van der Waals surface area contributed by atoms with Gasteiger partial charge in [0, 0.05) is 29.2 Å². The van der Waals surface area contributed by atoms with E-state index in [0.29, 0.717) is 4.91 Å². The quantitative estimate of drug-likeness (QED) is 0.241. The molecule has 26 heavy (non-hydrogen) atoms. The van der Waals surface area contributed by atoms with Crippen LogP contribution in [0.3, 0.4) is 0 Å². The fourth-order valence-corrected chi connectivity index (χ4v) is 4.86. The number of hydrogen-bond acceptors (Lipinski definition) is 4. The Morgan fingerprint density at radius 1 is 1.23 bits per heavy atom. The zero-order valence-corrected chi connectivity index (χ0v) is 15.6. The summed E-state index contributed by atoms with van der Waals surface area (Å²) in [7, 11) is 0. The predicted octanol–water partition coefficient (Wildman–Crippen LogP) is 6.09. The van der Waals surface area contributed by atoms with Crippen LogP contribution in [0.1, 0.15) is 5.56 Å². The normalized spacial score (nSPS) is 11.7. The smallest absolute Gasteiger partial charge is 0.156 e. The van der Waals surface area contributed by atoms with Gasteiger partial charge < -0.3 is 4.57 Å².